The molecule has 0 aliphatic heterocycles. The first-order chi connectivity index (χ1) is 5.52. The van der Waals surface area contributed by atoms with Crippen molar-refractivity contribution in [3.8, 4) is 5.75 Å². The zero-order valence-electron chi connectivity index (χ0n) is 6.34. The fourth-order valence-electron chi connectivity index (χ4n) is 0.874. The summed E-state index contributed by atoms with van der Waals surface area (Å²) < 4.78 is 0.535. The van der Waals surface area contributed by atoms with E-state index in [-0.39, 0.29) is 11.3 Å². The van der Waals surface area contributed by atoms with Gasteiger partial charge in [-0.05, 0) is 40.5 Å². The lowest BCUT2D eigenvalue weighted by Crippen LogP contribution is -1.96. The second kappa shape index (κ2) is 3.15. The molecule has 0 radical (unpaired) electrons. The molecule has 0 heterocycles. The SMILES string of the molecule is Cc1cc(C(=O)O)cc(O)c1Br. The molecule has 0 unspecified atom stereocenters. The maximum atomic E-state index is 10.5. The van der Waals surface area contributed by atoms with Gasteiger partial charge in [-0.1, -0.05) is 0 Å². The number of phenols is 1. The minimum Gasteiger partial charge on any atom is -0.507 e. The normalized spacial score (nSPS) is 9.83. The van der Waals surface area contributed by atoms with E-state index >= 15 is 0 Å². The van der Waals surface area contributed by atoms with E-state index in [1.807, 2.05) is 0 Å². The Hall–Kier alpha value is -1.03. The zero-order chi connectivity index (χ0) is 9.30. The molecule has 3 nitrogen and oxygen atoms in total. The van der Waals surface area contributed by atoms with Crippen LogP contribution in [0.25, 0.3) is 0 Å². The van der Waals surface area contributed by atoms with Crippen molar-refractivity contribution in [1.29, 1.82) is 0 Å². The zero-order valence-corrected chi connectivity index (χ0v) is 7.92. The van der Waals surface area contributed by atoms with Crippen LogP contribution in [0.3, 0.4) is 0 Å². The van der Waals surface area contributed by atoms with E-state index in [1.54, 1.807) is 6.92 Å². The summed E-state index contributed by atoms with van der Waals surface area (Å²) in [4.78, 5) is 10.5. The van der Waals surface area contributed by atoms with Gasteiger partial charge in [-0.25, -0.2) is 4.79 Å². The average molecular weight is 231 g/mol. The molecular formula is C8H7BrO3. The molecule has 0 atom stereocenters. The van der Waals surface area contributed by atoms with Gasteiger partial charge in [0.15, 0.2) is 0 Å². The number of hydrogen-bond acceptors (Lipinski definition) is 2. The van der Waals surface area contributed by atoms with Crippen molar-refractivity contribution in [2.75, 3.05) is 0 Å². The Bertz CT molecular complexity index is 310. The highest BCUT2D eigenvalue weighted by molar-refractivity contribution is 9.10. The van der Waals surface area contributed by atoms with Gasteiger partial charge >= 0.3 is 5.97 Å². The van der Waals surface area contributed by atoms with Crippen molar-refractivity contribution < 1.29 is 15.0 Å². The average Bonchev–Trinajstić information content (AvgIpc) is 1.99. The number of halogens is 1. The Morgan fingerprint density at radius 2 is 2.08 bits per heavy atom. The fourth-order valence-corrected chi connectivity index (χ4v) is 1.10. The van der Waals surface area contributed by atoms with E-state index in [9.17, 15) is 9.90 Å². The number of carboxylic acid groups (broad SMARTS) is 1. The van der Waals surface area contributed by atoms with Crippen molar-refractivity contribution in [3.63, 3.8) is 0 Å². The van der Waals surface area contributed by atoms with Gasteiger partial charge in [0.1, 0.15) is 5.75 Å². The second-order valence-corrected chi connectivity index (χ2v) is 3.22. The number of carboxylic acids is 1. The third kappa shape index (κ3) is 1.58. The number of aromatic carboxylic acids is 1. The number of carbonyl (C=O) groups is 1. The van der Waals surface area contributed by atoms with Crippen LogP contribution in [0.1, 0.15) is 15.9 Å². The third-order valence-electron chi connectivity index (χ3n) is 1.48. The Balaban J connectivity index is 3.31. The van der Waals surface area contributed by atoms with Gasteiger partial charge in [-0.15, -0.1) is 0 Å². The predicted molar refractivity (Wildman–Crippen MR) is 47.5 cm³/mol. The molecule has 0 aliphatic rings. The van der Waals surface area contributed by atoms with Crippen molar-refractivity contribution in [2.45, 2.75) is 6.92 Å². The van der Waals surface area contributed by atoms with Crippen LogP contribution < -0.4 is 0 Å². The molecule has 12 heavy (non-hydrogen) atoms. The number of aryl methyl sites for hydroxylation is 1. The molecule has 0 fully saturated rings. The Kier molecular flexibility index (Phi) is 2.38. The van der Waals surface area contributed by atoms with Gasteiger partial charge in [0.25, 0.3) is 0 Å². The molecule has 0 aromatic heterocycles. The molecule has 0 aliphatic carbocycles. The van der Waals surface area contributed by atoms with Gasteiger partial charge in [0, 0.05) is 0 Å². The summed E-state index contributed by atoms with van der Waals surface area (Å²) in [7, 11) is 0. The van der Waals surface area contributed by atoms with Crippen LogP contribution in [-0.4, -0.2) is 16.2 Å². The molecule has 1 aromatic carbocycles. The molecular weight excluding hydrogens is 224 g/mol. The van der Waals surface area contributed by atoms with Gasteiger partial charge < -0.3 is 10.2 Å². The summed E-state index contributed by atoms with van der Waals surface area (Å²) in [6.07, 6.45) is 0. The lowest BCUT2D eigenvalue weighted by atomic mass is 10.1. The first-order valence-electron chi connectivity index (χ1n) is 3.25. The summed E-state index contributed by atoms with van der Waals surface area (Å²) in [5, 5.41) is 17.8. The number of benzene rings is 1. The van der Waals surface area contributed by atoms with E-state index in [1.165, 1.54) is 12.1 Å². The Morgan fingerprint density at radius 3 is 2.50 bits per heavy atom. The summed E-state index contributed by atoms with van der Waals surface area (Å²) >= 11 is 3.12. The summed E-state index contributed by atoms with van der Waals surface area (Å²) in [5.74, 6) is -1.09. The molecule has 0 bridgehead atoms. The van der Waals surface area contributed by atoms with Crippen molar-refractivity contribution in [2.24, 2.45) is 0 Å². The van der Waals surface area contributed by atoms with Crippen LogP contribution in [0.5, 0.6) is 5.75 Å². The fraction of sp³-hybridized carbons (Fsp3) is 0.125. The van der Waals surface area contributed by atoms with Gasteiger partial charge in [-0.3, -0.25) is 0 Å². The van der Waals surface area contributed by atoms with E-state index in [0.717, 1.165) is 0 Å². The standard InChI is InChI=1S/C8H7BrO3/c1-4-2-5(8(11)12)3-6(10)7(4)9/h2-3,10H,1H3,(H,11,12). The minimum atomic E-state index is -1.04. The summed E-state index contributed by atoms with van der Waals surface area (Å²) in [6.45, 7) is 1.72. The first kappa shape index (κ1) is 9.06. The van der Waals surface area contributed by atoms with E-state index in [0.29, 0.717) is 10.0 Å². The molecule has 4 heteroatoms. The Labute approximate surface area is 77.8 Å². The van der Waals surface area contributed by atoms with Crippen LogP contribution >= 0.6 is 15.9 Å². The first-order valence-corrected chi connectivity index (χ1v) is 4.04. The number of aromatic hydroxyl groups is 1. The van der Waals surface area contributed by atoms with Crippen molar-refractivity contribution in [3.05, 3.63) is 27.7 Å². The number of hydrogen-bond donors (Lipinski definition) is 2. The van der Waals surface area contributed by atoms with E-state index in [4.69, 9.17) is 5.11 Å². The quantitative estimate of drug-likeness (QED) is 0.778. The van der Waals surface area contributed by atoms with Crippen LogP contribution in [0.4, 0.5) is 0 Å². The van der Waals surface area contributed by atoms with Crippen LogP contribution in [-0.2, 0) is 0 Å². The molecule has 1 aromatic rings. The lowest BCUT2D eigenvalue weighted by Gasteiger charge is -2.02. The second-order valence-electron chi connectivity index (χ2n) is 2.43. The van der Waals surface area contributed by atoms with Crippen LogP contribution in [0.15, 0.2) is 16.6 Å². The molecule has 64 valence electrons. The molecule has 2 N–H and O–H groups in total. The third-order valence-corrected chi connectivity index (χ3v) is 2.51. The summed E-state index contributed by atoms with van der Waals surface area (Å²) in [5.41, 5.74) is 0.792. The lowest BCUT2D eigenvalue weighted by molar-refractivity contribution is 0.0696. The van der Waals surface area contributed by atoms with Gasteiger partial charge in [0.05, 0.1) is 10.0 Å². The molecule has 0 saturated heterocycles. The minimum absolute atomic E-state index is 0.0487. The highest BCUT2D eigenvalue weighted by Gasteiger charge is 2.08. The number of phenolic OH excluding ortho intramolecular Hbond substituents is 1. The largest absolute Gasteiger partial charge is 0.507 e. The van der Waals surface area contributed by atoms with E-state index in [2.05, 4.69) is 15.9 Å². The maximum absolute atomic E-state index is 10.5. The predicted octanol–water partition coefficient (Wildman–Crippen LogP) is 2.16. The summed E-state index contributed by atoms with van der Waals surface area (Å²) in [6, 6.07) is 2.70. The van der Waals surface area contributed by atoms with Crippen LogP contribution in [0, 0.1) is 6.92 Å². The van der Waals surface area contributed by atoms with Crippen LogP contribution in [0.2, 0.25) is 0 Å². The van der Waals surface area contributed by atoms with Crippen molar-refractivity contribution >= 4 is 21.9 Å². The van der Waals surface area contributed by atoms with Gasteiger partial charge in [0.2, 0.25) is 0 Å². The number of rotatable bonds is 1. The van der Waals surface area contributed by atoms with E-state index < -0.39 is 5.97 Å². The maximum Gasteiger partial charge on any atom is 0.335 e. The monoisotopic (exact) mass is 230 g/mol. The van der Waals surface area contributed by atoms with Gasteiger partial charge in [-0.2, -0.15) is 0 Å². The highest BCUT2D eigenvalue weighted by atomic mass is 79.9. The highest BCUT2D eigenvalue weighted by Crippen LogP contribution is 2.28. The smallest absolute Gasteiger partial charge is 0.335 e. The molecule has 1 rings (SSSR count). The molecule has 0 spiro atoms. The topological polar surface area (TPSA) is 57.5 Å². The van der Waals surface area contributed by atoms with Crippen molar-refractivity contribution in [1.82, 2.24) is 0 Å². The molecule has 0 saturated carbocycles. The Morgan fingerprint density at radius 1 is 1.50 bits per heavy atom. The molecule has 0 amide bonds.